The van der Waals surface area contributed by atoms with Crippen molar-refractivity contribution in [3.63, 3.8) is 0 Å². The second-order valence-electron chi connectivity index (χ2n) is 8.52. The van der Waals surface area contributed by atoms with Crippen molar-refractivity contribution in [2.24, 2.45) is 5.92 Å². The van der Waals surface area contributed by atoms with E-state index >= 15 is 0 Å². The number of amides is 1. The fraction of sp³-hybridized carbons (Fsp3) is 0.360. The van der Waals surface area contributed by atoms with E-state index in [0.29, 0.717) is 18.7 Å². The van der Waals surface area contributed by atoms with E-state index in [2.05, 4.69) is 41.5 Å². The van der Waals surface area contributed by atoms with E-state index in [1.165, 1.54) is 5.56 Å². The van der Waals surface area contributed by atoms with Gasteiger partial charge in [0.05, 0.1) is 28.0 Å². The predicted octanol–water partition coefficient (Wildman–Crippen LogP) is 4.31. The lowest BCUT2D eigenvalue weighted by Gasteiger charge is -2.14. The molecule has 32 heavy (non-hydrogen) atoms. The van der Waals surface area contributed by atoms with Crippen molar-refractivity contribution in [1.29, 1.82) is 0 Å². The topological polar surface area (TPSA) is 77.6 Å². The lowest BCUT2D eigenvalue weighted by atomic mass is 10.0. The Labute approximate surface area is 188 Å². The quantitative estimate of drug-likeness (QED) is 0.474. The monoisotopic (exact) mass is 430 g/mol. The van der Waals surface area contributed by atoms with E-state index in [4.69, 9.17) is 4.98 Å². The summed E-state index contributed by atoms with van der Waals surface area (Å²) < 4.78 is 3.78. The summed E-state index contributed by atoms with van der Waals surface area (Å²) in [6, 6.07) is 12.1. The summed E-state index contributed by atoms with van der Waals surface area (Å²) in [6.07, 6.45) is 1.97. The van der Waals surface area contributed by atoms with E-state index in [1.54, 1.807) is 0 Å². The number of hydrogen-bond donors (Lipinski definition) is 1. The number of nitrogens with one attached hydrogen (secondary N) is 1. The number of benzene rings is 1. The van der Waals surface area contributed by atoms with Gasteiger partial charge >= 0.3 is 0 Å². The van der Waals surface area contributed by atoms with E-state index in [-0.39, 0.29) is 11.8 Å². The lowest BCUT2D eigenvalue weighted by molar-refractivity contribution is 0.0948. The molecule has 0 unspecified atom stereocenters. The maximum absolute atomic E-state index is 13.3. The number of nitrogens with zero attached hydrogens (tertiary/aromatic N) is 5. The van der Waals surface area contributed by atoms with Crippen LogP contribution in [0.3, 0.4) is 0 Å². The van der Waals surface area contributed by atoms with Crippen molar-refractivity contribution in [2.45, 2.75) is 47.7 Å². The summed E-state index contributed by atoms with van der Waals surface area (Å²) in [7, 11) is 0. The highest BCUT2D eigenvalue weighted by Gasteiger charge is 2.20. The molecule has 0 fully saturated rings. The molecule has 166 valence electrons. The van der Waals surface area contributed by atoms with Gasteiger partial charge < -0.3 is 5.32 Å². The minimum atomic E-state index is -0.104. The summed E-state index contributed by atoms with van der Waals surface area (Å²) in [4.78, 5) is 18.2. The molecular formula is C25H30N6O. The third-order valence-corrected chi connectivity index (χ3v) is 5.65. The van der Waals surface area contributed by atoms with Crippen LogP contribution in [-0.4, -0.2) is 37.0 Å². The number of rotatable bonds is 7. The zero-order chi connectivity index (χ0) is 22.8. The van der Waals surface area contributed by atoms with E-state index in [1.807, 2.05) is 60.6 Å². The van der Waals surface area contributed by atoms with E-state index in [0.717, 1.165) is 40.2 Å². The van der Waals surface area contributed by atoms with Crippen molar-refractivity contribution in [3.05, 3.63) is 65.1 Å². The maximum atomic E-state index is 13.3. The summed E-state index contributed by atoms with van der Waals surface area (Å²) in [5.74, 6) is 0.139. The number of aryl methyl sites for hydroxylation is 4. The molecule has 0 aliphatic heterocycles. The highest BCUT2D eigenvalue weighted by Crippen LogP contribution is 2.27. The van der Waals surface area contributed by atoms with Gasteiger partial charge in [-0.2, -0.15) is 10.2 Å². The molecule has 1 amide bonds. The van der Waals surface area contributed by atoms with Crippen LogP contribution in [0.1, 0.15) is 41.2 Å². The average molecular weight is 431 g/mol. The summed E-state index contributed by atoms with van der Waals surface area (Å²) in [5, 5.41) is 13.0. The van der Waals surface area contributed by atoms with Gasteiger partial charge in [-0.15, -0.1) is 0 Å². The Kier molecular flexibility index (Phi) is 6.08. The Hall–Kier alpha value is -3.48. The number of carbonyl (C=O) groups is 1. The molecule has 7 nitrogen and oxygen atoms in total. The molecule has 1 aromatic carbocycles. The van der Waals surface area contributed by atoms with Gasteiger partial charge in [0.25, 0.3) is 5.91 Å². The molecule has 7 heteroatoms. The first kappa shape index (κ1) is 21.7. The van der Waals surface area contributed by atoms with Gasteiger partial charge in [-0.1, -0.05) is 36.8 Å². The van der Waals surface area contributed by atoms with Gasteiger partial charge in [-0.05, 0) is 45.7 Å². The van der Waals surface area contributed by atoms with Gasteiger partial charge in [-0.25, -0.2) is 9.67 Å². The summed E-state index contributed by atoms with van der Waals surface area (Å²) in [6.45, 7) is 12.1. The molecule has 3 aromatic heterocycles. The third kappa shape index (κ3) is 4.42. The van der Waals surface area contributed by atoms with E-state index in [9.17, 15) is 4.79 Å². The fourth-order valence-corrected chi connectivity index (χ4v) is 3.94. The zero-order valence-corrected chi connectivity index (χ0v) is 19.4. The third-order valence-electron chi connectivity index (χ3n) is 5.65. The van der Waals surface area contributed by atoms with Crippen LogP contribution in [0.25, 0.3) is 22.3 Å². The van der Waals surface area contributed by atoms with Crippen molar-refractivity contribution in [1.82, 2.24) is 29.9 Å². The highest BCUT2D eigenvalue weighted by molar-refractivity contribution is 6.07. The molecule has 3 heterocycles. The van der Waals surface area contributed by atoms with Crippen molar-refractivity contribution < 1.29 is 4.79 Å². The van der Waals surface area contributed by atoms with Crippen LogP contribution in [0.5, 0.6) is 0 Å². The Balaban J connectivity index is 1.64. The normalized spacial score (nSPS) is 12.3. The zero-order valence-electron chi connectivity index (χ0n) is 19.4. The first-order valence-electron chi connectivity index (χ1n) is 11.1. The minimum Gasteiger partial charge on any atom is -0.352 e. The summed E-state index contributed by atoms with van der Waals surface area (Å²) >= 11 is 0. The molecular weight excluding hydrogens is 400 g/mol. The van der Waals surface area contributed by atoms with Crippen molar-refractivity contribution >= 4 is 16.9 Å². The number of carbonyl (C=O) groups excluding carboxylic acids is 1. The van der Waals surface area contributed by atoms with Gasteiger partial charge in [0.15, 0.2) is 5.65 Å². The molecule has 4 rings (SSSR count). The molecule has 0 radical (unpaired) electrons. The molecule has 0 bridgehead atoms. The number of pyridine rings is 1. The van der Waals surface area contributed by atoms with Crippen LogP contribution in [0.2, 0.25) is 0 Å². The SMILES string of the molecule is CCn1nc(C)c2c(C(=O)NC[C@@H](C)Cn3ccc(C)n3)cc(-c3ccc(C)cc3)nc21. The van der Waals surface area contributed by atoms with Crippen molar-refractivity contribution in [3.8, 4) is 11.3 Å². The van der Waals surface area contributed by atoms with Gasteiger partial charge in [0.1, 0.15) is 0 Å². The number of aromatic nitrogens is 5. The van der Waals surface area contributed by atoms with Crippen LogP contribution in [0, 0.1) is 26.7 Å². The minimum absolute atomic E-state index is 0.104. The Morgan fingerprint density at radius 1 is 1.09 bits per heavy atom. The lowest BCUT2D eigenvalue weighted by Crippen LogP contribution is -2.30. The molecule has 1 atom stereocenters. The average Bonchev–Trinajstić information content (AvgIpc) is 3.34. The predicted molar refractivity (Wildman–Crippen MR) is 127 cm³/mol. The standard InChI is InChI=1S/C25H30N6O/c1-6-31-24-23(19(5)29-31)21(13-22(27-24)20-9-7-16(2)8-10-20)25(32)26-14-17(3)15-30-12-11-18(4)28-30/h7-13,17H,6,14-15H2,1-5H3,(H,26,32)/t17-/m1/s1. The molecule has 1 N–H and O–H groups in total. The van der Waals surface area contributed by atoms with Crippen LogP contribution in [-0.2, 0) is 13.1 Å². The number of hydrogen-bond acceptors (Lipinski definition) is 4. The van der Waals surface area contributed by atoms with Crippen molar-refractivity contribution in [2.75, 3.05) is 6.54 Å². The molecule has 4 aromatic rings. The fourth-order valence-electron chi connectivity index (χ4n) is 3.94. The second-order valence-corrected chi connectivity index (χ2v) is 8.52. The van der Waals surface area contributed by atoms with E-state index < -0.39 is 0 Å². The Bertz CT molecular complexity index is 1250. The van der Waals surface area contributed by atoms with Gasteiger partial charge in [0, 0.05) is 31.4 Å². The van der Waals surface area contributed by atoms with Crippen LogP contribution < -0.4 is 5.32 Å². The summed E-state index contributed by atoms with van der Waals surface area (Å²) in [5.41, 5.74) is 6.11. The highest BCUT2D eigenvalue weighted by atomic mass is 16.1. The first-order chi connectivity index (χ1) is 15.4. The van der Waals surface area contributed by atoms with Gasteiger partial charge in [-0.3, -0.25) is 9.48 Å². The largest absolute Gasteiger partial charge is 0.352 e. The number of fused-ring (bicyclic) bond motifs is 1. The maximum Gasteiger partial charge on any atom is 0.252 e. The van der Waals surface area contributed by atoms with Crippen LogP contribution >= 0.6 is 0 Å². The first-order valence-corrected chi connectivity index (χ1v) is 11.1. The molecule has 0 spiro atoms. The van der Waals surface area contributed by atoms with Crippen LogP contribution in [0.15, 0.2) is 42.6 Å². The molecule has 0 saturated heterocycles. The Morgan fingerprint density at radius 2 is 1.84 bits per heavy atom. The van der Waals surface area contributed by atoms with Gasteiger partial charge in [0.2, 0.25) is 0 Å². The smallest absolute Gasteiger partial charge is 0.252 e. The van der Waals surface area contributed by atoms with Crippen LogP contribution in [0.4, 0.5) is 0 Å². The molecule has 0 aliphatic carbocycles. The Morgan fingerprint density at radius 3 is 2.50 bits per heavy atom. The molecule has 0 aliphatic rings. The molecule has 0 saturated carbocycles. The second kappa shape index (κ2) is 8.94.